The molecule has 0 radical (unpaired) electrons. The number of rotatable bonds is 9. The van der Waals surface area contributed by atoms with E-state index in [0.29, 0.717) is 30.8 Å². The van der Waals surface area contributed by atoms with Gasteiger partial charge in [0.1, 0.15) is 11.6 Å². The minimum Gasteiger partial charge on any atom is -0.508 e. The molecule has 0 bridgehead atoms. The van der Waals surface area contributed by atoms with Crippen LogP contribution in [0.1, 0.15) is 73.9 Å². The van der Waals surface area contributed by atoms with Gasteiger partial charge in [-0.25, -0.2) is 4.39 Å². The first-order valence-corrected chi connectivity index (χ1v) is 15.1. The number of piperidine rings is 1. The van der Waals surface area contributed by atoms with Gasteiger partial charge in [-0.05, 0) is 94.5 Å². The third kappa shape index (κ3) is 7.18. The highest BCUT2D eigenvalue weighted by molar-refractivity contribution is 5.99. The van der Waals surface area contributed by atoms with Gasteiger partial charge < -0.3 is 19.8 Å². The Morgan fingerprint density at radius 3 is 2.44 bits per heavy atom. The monoisotopic (exact) mass is 565 g/mol. The summed E-state index contributed by atoms with van der Waals surface area (Å²) in [6.07, 6.45) is 3.91. The number of unbranched alkanes of at least 4 members (excludes halogenated alkanes) is 1. The summed E-state index contributed by atoms with van der Waals surface area (Å²) in [5.74, 6) is -1.83. The largest absolute Gasteiger partial charge is 0.508 e. The molecule has 0 aliphatic carbocycles. The molecule has 0 spiro atoms. The Hall–Kier alpha value is -2.77. The first-order valence-electron chi connectivity index (χ1n) is 15.1. The van der Waals surface area contributed by atoms with Crippen molar-refractivity contribution in [3.8, 4) is 5.75 Å². The lowest BCUT2D eigenvalue weighted by molar-refractivity contribution is -0.141. The SMILES string of the molecule is Cc1c(F)cccc1[C@@H]1[C@@H](C(=O)c2cccc(O)c2)CN(CCCCN(C)C)C[C@H]1C(=O)N1CCC[C@H]1C(C)(C)C. The molecule has 2 aliphatic rings. The van der Waals surface area contributed by atoms with Crippen molar-refractivity contribution >= 4 is 11.7 Å². The summed E-state index contributed by atoms with van der Waals surface area (Å²) >= 11 is 0. The maximum atomic E-state index is 15.0. The van der Waals surface area contributed by atoms with E-state index in [1.807, 2.05) is 6.07 Å². The van der Waals surface area contributed by atoms with Gasteiger partial charge in [-0.15, -0.1) is 0 Å². The molecule has 1 N–H and O–H groups in total. The summed E-state index contributed by atoms with van der Waals surface area (Å²) in [6.45, 7) is 11.8. The first kappa shape index (κ1) is 31.2. The molecule has 2 aliphatic heterocycles. The van der Waals surface area contributed by atoms with Crippen molar-refractivity contribution in [3.05, 3.63) is 65.0 Å². The number of hydrogen-bond donors (Lipinski definition) is 1. The molecule has 0 unspecified atom stereocenters. The van der Waals surface area contributed by atoms with E-state index in [9.17, 15) is 14.7 Å². The summed E-state index contributed by atoms with van der Waals surface area (Å²) in [7, 11) is 4.13. The van der Waals surface area contributed by atoms with Gasteiger partial charge in [0.15, 0.2) is 5.78 Å². The van der Waals surface area contributed by atoms with Crippen molar-refractivity contribution in [2.45, 2.75) is 65.3 Å². The van der Waals surface area contributed by atoms with Crippen LogP contribution in [0.2, 0.25) is 0 Å². The lowest BCUT2D eigenvalue weighted by atomic mass is 9.69. The van der Waals surface area contributed by atoms with Gasteiger partial charge in [-0.1, -0.05) is 45.0 Å². The van der Waals surface area contributed by atoms with Gasteiger partial charge in [-0.3, -0.25) is 9.59 Å². The number of phenolic OH excluding ortho intramolecular Hbond substituents is 1. The van der Waals surface area contributed by atoms with Crippen LogP contribution >= 0.6 is 0 Å². The number of hydrogen-bond acceptors (Lipinski definition) is 5. The number of benzene rings is 2. The normalized spacial score (nSPS) is 23.8. The van der Waals surface area contributed by atoms with Crippen LogP contribution < -0.4 is 0 Å². The second-order valence-corrected chi connectivity index (χ2v) is 13.4. The molecule has 2 heterocycles. The molecule has 2 aromatic carbocycles. The molecule has 4 rings (SSSR count). The molecule has 0 aromatic heterocycles. The van der Waals surface area contributed by atoms with Gasteiger partial charge in [0.05, 0.1) is 5.92 Å². The van der Waals surface area contributed by atoms with Crippen molar-refractivity contribution in [2.75, 3.05) is 46.8 Å². The number of carbonyl (C=O) groups is 2. The number of halogens is 1. The average Bonchev–Trinajstić information content (AvgIpc) is 3.42. The Labute approximate surface area is 245 Å². The second-order valence-electron chi connectivity index (χ2n) is 13.4. The molecular formula is C34H48FN3O3. The maximum Gasteiger partial charge on any atom is 0.227 e. The van der Waals surface area contributed by atoms with Gasteiger partial charge in [0.25, 0.3) is 0 Å². The second kappa shape index (κ2) is 13.0. The number of phenols is 1. The van der Waals surface area contributed by atoms with Crippen LogP contribution in [0, 0.1) is 30.0 Å². The van der Waals surface area contributed by atoms with Crippen LogP contribution in [0.3, 0.4) is 0 Å². The Morgan fingerprint density at radius 2 is 1.76 bits per heavy atom. The molecule has 41 heavy (non-hydrogen) atoms. The van der Waals surface area contributed by atoms with Crippen molar-refractivity contribution in [2.24, 2.45) is 17.3 Å². The first-order chi connectivity index (χ1) is 19.4. The molecule has 2 saturated heterocycles. The number of nitrogens with zero attached hydrogens (tertiary/aromatic N) is 3. The highest BCUT2D eigenvalue weighted by atomic mass is 19.1. The maximum absolute atomic E-state index is 15.0. The highest BCUT2D eigenvalue weighted by Gasteiger charge is 2.48. The molecule has 2 aromatic rings. The Kier molecular flexibility index (Phi) is 9.91. The predicted octanol–water partition coefficient (Wildman–Crippen LogP) is 5.73. The Balaban J connectivity index is 1.78. The molecule has 4 atom stereocenters. The molecule has 6 nitrogen and oxygen atoms in total. The molecule has 0 saturated carbocycles. The molecule has 224 valence electrons. The zero-order chi connectivity index (χ0) is 29.9. The molecule has 2 fully saturated rings. The Bertz CT molecular complexity index is 1220. The van der Waals surface area contributed by atoms with E-state index in [1.165, 1.54) is 12.1 Å². The van der Waals surface area contributed by atoms with Crippen LogP contribution in [0.5, 0.6) is 5.75 Å². The van der Waals surface area contributed by atoms with E-state index in [-0.39, 0.29) is 34.7 Å². The number of likely N-dealkylation sites (tertiary alicyclic amines) is 2. The van der Waals surface area contributed by atoms with E-state index in [2.05, 4.69) is 49.6 Å². The number of Topliss-reactive ketones (excluding diaryl/α,β-unsaturated/α-hetero) is 1. The van der Waals surface area contributed by atoms with Crippen LogP contribution in [0.15, 0.2) is 42.5 Å². The van der Waals surface area contributed by atoms with Gasteiger partial charge >= 0.3 is 0 Å². The van der Waals surface area contributed by atoms with Crippen LogP contribution in [-0.2, 0) is 4.79 Å². The van der Waals surface area contributed by atoms with Crippen molar-refractivity contribution in [3.63, 3.8) is 0 Å². The van der Waals surface area contributed by atoms with Crippen molar-refractivity contribution in [1.82, 2.24) is 14.7 Å². The summed E-state index contributed by atoms with van der Waals surface area (Å²) < 4.78 is 15.0. The topological polar surface area (TPSA) is 64.1 Å². The average molecular weight is 566 g/mol. The third-order valence-electron chi connectivity index (χ3n) is 9.10. The Morgan fingerprint density at radius 1 is 1.05 bits per heavy atom. The summed E-state index contributed by atoms with van der Waals surface area (Å²) in [6, 6.07) is 11.6. The molecule has 1 amide bonds. The minimum absolute atomic E-state index is 0.0309. The van der Waals surface area contributed by atoms with Gasteiger partial charge in [-0.2, -0.15) is 0 Å². The number of aromatic hydroxyl groups is 1. The van der Waals surface area contributed by atoms with E-state index in [0.717, 1.165) is 44.3 Å². The number of carbonyl (C=O) groups excluding carboxylic acids is 2. The predicted molar refractivity (Wildman–Crippen MR) is 162 cm³/mol. The van der Waals surface area contributed by atoms with Crippen molar-refractivity contribution in [1.29, 1.82) is 0 Å². The number of amides is 1. The fourth-order valence-electron chi connectivity index (χ4n) is 7.00. The van der Waals surface area contributed by atoms with Crippen molar-refractivity contribution < 1.29 is 19.1 Å². The molecule has 7 heteroatoms. The van der Waals surface area contributed by atoms with Crippen LogP contribution in [0.25, 0.3) is 0 Å². The smallest absolute Gasteiger partial charge is 0.227 e. The lowest BCUT2D eigenvalue weighted by Crippen LogP contribution is -2.55. The zero-order valence-corrected chi connectivity index (χ0v) is 25.7. The van der Waals surface area contributed by atoms with Crippen LogP contribution in [0.4, 0.5) is 4.39 Å². The standard InChI is InChI=1S/C34H48FN3O3/c1-23-26(14-10-15-29(23)35)31-27(32(40)24-12-9-13-25(39)20-24)21-37(18-8-7-17-36(5)6)22-28(31)33(41)38-19-11-16-30(38)34(2,3)4/h9-10,12-15,20,27-28,30-31,39H,7-8,11,16-19,21-22H2,1-6H3/t27-,28+,30-,31+/m0/s1. The highest BCUT2D eigenvalue weighted by Crippen LogP contribution is 2.44. The quantitative estimate of drug-likeness (QED) is 0.311. The van der Waals surface area contributed by atoms with E-state index < -0.39 is 17.8 Å². The van der Waals surface area contributed by atoms with E-state index >= 15 is 4.39 Å². The fourth-order valence-corrected chi connectivity index (χ4v) is 7.00. The van der Waals surface area contributed by atoms with Crippen LogP contribution in [-0.4, -0.2) is 84.4 Å². The van der Waals surface area contributed by atoms with E-state index in [4.69, 9.17) is 0 Å². The summed E-state index contributed by atoms with van der Waals surface area (Å²) in [4.78, 5) is 35.3. The lowest BCUT2D eigenvalue weighted by Gasteiger charge is -2.46. The minimum atomic E-state index is -0.551. The third-order valence-corrected chi connectivity index (χ3v) is 9.10. The molecular weight excluding hydrogens is 517 g/mol. The zero-order valence-electron chi connectivity index (χ0n) is 25.7. The van der Waals surface area contributed by atoms with E-state index in [1.54, 1.807) is 31.2 Å². The summed E-state index contributed by atoms with van der Waals surface area (Å²) in [5, 5.41) is 10.2. The number of ketones is 1. The van der Waals surface area contributed by atoms with Gasteiger partial charge in [0.2, 0.25) is 5.91 Å². The van der Waals surface area contributed by atoms with Gasteiger partial charge in [0, 0.05) is 43.1 Å². The fraction of sp³-hybridized carbons (Fsp3) is 0.588. The summed E-state index contributed by atoms with van der Waals surface area (Å²) in [5.41, 5.74) is 1.59.